The first-order valence-electron chi connectivity index (χ1n) is 8.76. The smallest absolute Gasteiger partial charge is 0.212 e. The minimum Gasteiger partial charge on any atom is -0.481 e. The van der Waals surface area contributed by atoms with Crippen LogP contribution >= 0.6 is 0 Å². The number of nitrogens with one attached hydrogen (secondary N) is 1. The maximum Gasteiger partial charge on any atom is 0.212 e. The number of fused-ring (bicyclic) bond motifs is 1. The standard InChI is InChI=1S/C21H21N5O/c1-14-5-4-6-15(9-14)11-24-21-25-18-13-22-17(10-19(18)26(21)2)16-7-8-20(27-3)23-12-16/h4-10,12-13H,11H2,1-3H3,(H,24,25). The number of pyridine rings is 2. The summed E-state index contributed by atoms with van der Waals surface area (Å²) < 4.78 is 7.16. The third kappa shape index (κ3) is 3.46. The van der Waals surface area contributed by atoms with Crippen LogP contribution < -0.4 is 10.1 Å². The van der Waals surface area contributed by atoms with Gasteiger partial charge in [-0.3, -0.25) is 4.98 Å². The Hall–Kier alpha value is -3.41. The summed E-state index contributed by atoms with van der Waals surface area (Å²) >= 11 is 0. The molecule has 4 aromatic rings. The lowest BCUT2D eigenvalue weighted by molar-refractivity contribution is 0.398. The van der Waals surface area contributed by atoms with E-state index in [9.17, 15) is 0 Å². The van der Waals surface area contributed by atoms with E-state index in [4.69, 9.17) is 4.74 Å². The Morgan fingerprint density at radius 1 is 1.07 bits per heavy atom. The Morgan fingerprint density at radius 3 is 2.70 bits per heavy atom. The van der Waals surface area contributed by atoms with Crippen molar-refractivity contribution in [1.82, 2.24) is 19.5 Å². The number of nitrogens with zero attached hydrogens (tertiary/aromatic N) is 4. The van der Waals surface area contributed by atoms with Gasteiger partial charge in [0.2, 0.25) is 11.8 Å². The topological polar surface area (TPSA) is 64.9 Å². The molecule has 0 bridgehead atoms. The second kappa shape index (κ2) is 7.07. The van der Waals surface area contributed by atoms with Gasteiger partial charge in [-0.2, -0.15) is 0 Å². The molecular formula is C21H21N5O. The van der Waals surface area contributed by atoms with E-state index in [1.807, 2.05) is 29.8 Å². The molecule has 0 saturated carbocycles. The predicted octanol–water partition coefficient (Wildman–Crippen LogP) is 3.96. The number of anilines is 1. The Bertz CT molecular complexity index is 1090. The Balaban J connectivity index is 1.61. The lowest BCUT2D eigenvalue weighted by Gasteiger charge is -2.07. The molecule has 27 heavy (non-hydrogen) atoms. The van der Waals surface area contributed by atoms with E-state index in [0.717, 1.165) is 34.8 Å². The summed E-state index contributed by atoms with van der Waals surface area (Å²) in [6.07, 6.45) is 3.56. The highest BCUT2D eigenvalue weighted by molar-refractivity contribution is 5.81. The van der Waals surface area contributed by atoms with E-state index in [0.29, 0.717) is 5.88 Å². The number of hydrogen-bond acceptors (Lipinski definition) is 5. The molecule has 0 aliphatic carbocycles. The maximum atomic E-state index is 5.11. The number of imidazole rings is 1. The first-order valence-corrected chi connectivity index (χ1v) is 8.76. The first-order chi connectivity index (χ1) is 13.1. The molecule has 0 fully saturated rings. The molecule has 1 aromatic carbocycles. The van der Waals surface area contributed by atoms with Crippen LogP contribution in [0.5, 0.6) is 5.88 Å². The van der Waals surface area contributed by atoms with Gasteiger partial charge in [0.05, 0.1) is 24.5 Å². The number of aryl methyl sites for hydroxylation is 2. The normalized spacial score (nSPS) is 10.9. The van der Waals surface area contributed by atoms with Gasteiger partial charge < -0.3 is 14.6 Å². The summed E-state index contributed by atoms with van der Waals surface area (Å²) in [6, 6.07) is 14.3. The van der Waals surface area contributed by atoms with Gasteiger partial charge >= 0.3 is 0 Å². The summed E-state index contributed by atoms with van der Waals surface area (Å²) in [5, 5.41) is 3.42. The lowest BCUT2D eigenvalue weighted by atomic mass is 10.1. The molecule has 6 heteroatoms. The van der Waals surface area contributed by atoms with Gasteiger partial charge in [-0.1, -0.05) is 29.8 Å². The van der Waals surface area contributed by atoms with E-state index in [-0.39, 0.29) is 0 Å². The summed E-state index contributed by atoms with van der Waals surface area (Å²) in [5.41, 5.74) is 6.14. The largest absolute Gasteiger partial charge is 0.481 e. The Morgan fingerprint density at radius 2 is 1.96 bits per heavy atom. The number of benzene rings is 1. The van der Waals surface area contributed by atoms with Crippen LogP contribution in [0.1, 0.15) is 11.1 Å². The van der Waals surface area contributed by atoms with Crippen LogP contribution in [-0.2, 0) is 13.6 Å². The van der Waals surface area contributed by atoms with Crippen molar-refractivity contribution in [2.45, 2.75) is 13.5 Å². The summed E-state index contributed by atoms with van der Waals surface area (Å²) in [7, 11) is 3.61. The van der Waals surface area contributed by atoms with Crippen molar-refractivity contribution < 1.29 is 4.74 Å². The minimum atomic E-state index is 0.586. The zero-order valence-electron chi connectivity index (χ0n) is 15.6. The van der Waals surface area contributed by atoms with Crippen molar-refractivity contribution in [3.05, 3.63) is 66.0 Å². The highest BCUT2D eigenvalue weighted by atomic mass is 16.5. The van der Waals surface area contributed by atoms with E-state index in [1.54, 1.807) is 19.5 Å². The number of methoxy groups -OCH3 is 1. The van der Waals surface area contributed by atoms with Crippen molar-refractivity contribution in [1.29, 1.82) is 0 Å². The molecule has 3 aromatic heterocycles. The van der Waals surface area contributed by atoms with Crippen LogP contribution in [-0.4, -0.2) is 26.6 Å². The van der Waals surface area contributed by atoms with E-state index >= 15 is 0 Å². The van der Waals surface area contributed by atoms with Gasteiger partial charge in [0, 0.05) is 31.4 Å². The molecule has 0 aliphatic rings. The fourth-order valence-corrected chi connectivity index (χ4v) is 3.07. The van der Waals surface area contributed by atoms with E-state index in [1.165, 1.54) is 11.1 Å². The highest BCUT2D eigenvalue weighted by Gasteiger charge is 2.10. The molecule has 4 rings (SSSR count). The predicted molar refractivity (Wildman–Crippen MR) is 107 cm³/mol. The van der Waals surface area contributed by atoms with E-state index < -0.39 is 0 Å². The van der Waals surface area contributed by atoms with Crippen LogP contribution in [0.3, 0.4) is 0 Å². The molecule has 0 spiro atoms. The van der Waals surface area contributed by atoms with Crippen LogP contribution in [0, 0.1) is 6.92 Å². The van der Waals surface area contributed by atoms with Crippen molar-refractivity contribution in [2.24, 2.45) is 7.05 Å². The summed E-state index contributed by atoms with van der Waals surface area (Å²) in [4.78, 5) is 13.5. The molecule has 3 heterocycles. The molecule has 6 nitrogen and oxygen atoms in total. The first kappa shape index (κ1) is 17.0. The Kier molecular flexibility index (Phi) is 4.46. The van der Waals surface area contributed by atoms with E-state index in [2.05, 4.69) is 51.5 Å². The van der Waals surface area contributed by atoms with Crippen LogP contribution in [0.2, 0.25) is 0 Å². The van der Waals surface area contributed by atoms with Gasteiger partial charge in [0.1, 0.15) is 5.52 Å². The van der Waals surface area contributed by atoms with Gasteiger partial charge in [0.15, 0.2) is 0 Å². The van der Waals surface area contributed by atoms with Crippen LogP contribution in [0.4, 0.5) is 5.95 Å². The molecule has 0 atom stereocenters. The van der Waals surface area contributed by atoms with Gasteiger partial charge in [-0.05, 0) is 24.6 Å². The highest BCUT2D eigenvalue weighted by Crippen LogP contribution is 2.24. The fraction of sp³-hybridized carbons (Fsp3) is 0.190. The molecule has 0 saturated heterocycles. The third-order valence-electron chi connectivity index (χ3n) is 4.54. The quantitative estimate of drug-likeness (QED) is 0.584. The van der Waals surface area contributed by atoms with Crippen LogP contribution in [0.15, 0.2) is 54.9 Å². The summed E-state index contributed by atoms with van der Waals surface area (Å²) in [6.45, 7) is 2.82. The van der Waals surface area contributed by atoms with Crippen molar-refractivity contribution in [3.8, 4) is 17.1 Å². The lowest BCUT2D eigenvalue weighted by Crippen LogP contribution is -2.05. The average molecular weight is 359 g/mol. The average Bonchev–Trinajstić information content (AvgIpc) is 3.02. The number of aromatic nitrogens is 4. The van der Waals surface area contributed by atoms with Gasteiger partial charge in [-0.15, -0.1) is 0 Å². The maximum absolute atomic E-state index is 5.11. The monoisotopic (exact) mass is 359 g/mol. The third-order valence-corrected chi connectivity index (χ3v) is 4.54. The van der Waals surface area contributed by atoms with Crippen molar-refractivity contribution in [2.75, 3.05) is 12.4 Å². The second-order valence-corrected chi connectivity index (χ2v) is 6.48. The zero-order chi connectivity index (χ0) is 18.8. The van der Waals surface area contributed by atoms with Crippen molar-refractivity contribution >= 4 is 17.0 Å². The molecule has 1 N–H and O–H groups in total. The van der Waals surface area contributed by atoms with Crippen LogP contribution in [0.25, 0.3) is 22.3 Å². The zero-order valence-corrected chi connectivity index (χ0v) is 15.6. The van der Waals surface area contributed by atoms with Gasteiger partial charge in [0.25, 0.3) is 0 Å². The molecule has 0 unspecified atom stereocenters. The minimum absolute atomic E-state index is 0.586. The molecular weight excluding hydrogens is 338 g/mol. The number of rotatable bonds is 5. The second-order valence-electron chi connectivity index (χ2n) is 6.48. The SMILES string of the molecule is COc1ccc(-c2cc3c(cn2)nc(NCc2cccc(C)c2)n3C)cn1. The number of hydrogen-bond donors (Lipinski definition) is 1. The summed E-state index contributed by atoms with van der Waals surface area (Å²) in [5.74, 6) is 1.40. The van der Waals surface area contributed by atoms with Crippen molar-refractivity contribution in [3.63, 3.8) is 0 Å². The fourth-order valence-electron chi connectivity index (χ4n) is 3.07. The van der Waals surface area contributed by atoms with Gasteiger partial charge in [-0.25, -0.2) is 9.97 Å². The Labute approximate surface area is 157 Å². The number of ether oxygens (including phenoxy) is 1. The molecule has 136 valence electrons. The molecule has 0 radical (unpaired) electrons. The molecule has 0 aliphatic heterocycles. The molecule has 0 amide bonds.